The van der Waals surface area contributed by atoms with E-state index in [-0.39, 0.29) is 11.9 Å². The van der Waals surface area contributed by atoms with Crippen LogP contribution in [0.4, 0.5) is 0 Å². The van der Waals surface area contributed by atoms with Crippen molar-refractivity contribution in [3.63, 3.8) is 0 Å². The van der Waals surface area contributed by atoms with E-state index in [0.29, 0.717) is 12.1 Å². The van der Waals surface area contributed by atoms with Gasteiger partial charge in [0.25, 0.3) is 0 Å². The maximum atomic E-state index is 12.5. The molecule has 0 radical (unpaired) electrons. The lowest BCUT2D eigenvalue weighted by molar-refractivity contribution is -0.131. The van der Waals surface area contributed by atoms with Gasteiger partial charge in [0.2, 0.25) is 21.6 Å². The molecule has 1 amide bonds. The third-order valence-corrected chi connectivity index (χ3v) is 6.19. The van der Waals surface area contributed by atoms with Crippen LogP contribution in [-0.2, 0) is 14.6 Å². The molecule has 3 rings (SSSR count). The van der Waals surface area contributed by atoms with Gasteiger partial charge in [0, 0.05) is 18.2 Å². The molecule has 1 aliphatic rings. The molecule has 8 heteroatoms. The van der Waals surface area contributed by atoms with Crippen molar-refractivity contribution in [3.05, 3.63) is 29.3 Å². The Balaban J connectivity index is 1.78. The summed E-state index contributed by atoms with van der Waals surface area (Å²) in [5, 5.41) is 6.99. The number of hydrogen-bond acceptors (Lipinski definition) is 6. The first kappa shape index (κ1) is 18.6. The molecule has 140 valence electrons. The minimum absolute atomic E-state index is 0.0558. The second-order valence-corrected chi connectivity index (χ2v) is 8.73. The van der Waals surface area contributed by atoms with Crippen molar-refractivity contribution in [2.75, 3.05) is 12.3 Å². The highest BCUT2D eigenvalue weighted by molar-refractivity contribution is 7.91. The molecule has 0 N–H and O–H groups in total. The Bertz CT molecular complexity index is 920. The molecule has 2 heterocycles. The topological polar surface area (TPSA) is 93.4 Å². The van der Waals surface area contributed by atoms with Crippen LogP contribution >= 0.6 is 0 Å². The van der Waals surface area contributed by atoms with Crippen LogP contribution < -0.4 is 0 Å². The quantitative estimate of drug-likeness (QED) is 0.813. The van der Waals surface area contributed by atoms with Crippen LogP contribution in [-0.4, -0.2) is 47.8 Å². The molecular weight excluding hydrogens is 354 g/mol. The van der Waals surface area contributed by atoms with Crippen molar-refractivity contribution in [3.8, 4) is 11.5 Å². The van der Waals surface area contributed by atoms with Gasteiger partial charge in [0.1, 0.15) is 5.75 Å². The molecule has 0 spiro atoms. The summed E-state index contributed by atoms with van der Waals surface area (Å²) >= 11 is 0. The molecule has 1 atom stereocenters. The molecule has 1 aliphatic heterocycles. The number of sulfone groups is 1. The molecule has 0 bridgehead atoms. The van der Waals surface area contributed by atoms with Crippen LogP contribution in [0, 0.1) is 13.8 Å². The highest BCUT2D eigenvalue weighted by atomic mass is 32.2. The fourth-order valence-electron chi connectivity index (χ4n) is 3.10. The van der Waals surface area contributed by atoms with Gasteiger partial charge >= 0.3 is 5.22 Å². The SMILES string of the molecule is Cc1ccc(-c2nnc(S(=O)(=O)CC(=O)N3CCCCC3C)o2)cc1C. The molecule has 0 aliphatic carbocycles. The smallest absolute Gasteiger partial charge is 0.336 e. The zero-order chi connectivity index (χ0) is 18.9. The molecule has 2 aromatic rings. The number of carbonyl (C=O) groups excluding carboxylic acids is 1. The molecule has 1 unspecified atom stereocenters. The highest BCUT2D eigenvalue weighted by Crippen LogP contribution is 2.23. The average Bonchev–Trinajstić information content (AvgIpc) is 3.08. The van der Waals surface area contributed by atoms with Crippen molar-refractivity contribution < 1.29 is 17.6 Å². The lowest BCUT2D eigenvalue weighted by Gasteiger charge is -2.33. The largest absolute Gasteiger partial charge is 0.408 e. The van der Waals surface area contributed by atoms with Crippen molar-refractivity contribution >= 4 is 15.7 Å². The fourth-order valence-corrected chi connectivity index (χ4v) is 4.09. The Morgan fingerprint density at radius 3 is 2.69 bits per heavy atom. The van der Waals surface area contributed by atoms with E-state index in [0.717, 1.165) is 30.4 Å². The Morgan fingerprint density at radius 1 is 1.23 bits per heavy atom. The average molecular weight is 377 g/mol. The predicted molar refractivity (Wildman–Crippen MR) is 96.3 cm³/mol. The third-order valence-electron chi connectivity index (χ3n) is 4.86. The minimum Gasteiger partial charge on any atom is -0.408 e. The first-order chi connectivity index (χ1) is 12.3. The van der Waals surface area contributed by atoms with Gasteiger partial charge in [0.15, 0.2) is 0 Å². The highest BCUT2D eigenvalue weighted by Gasteiger charge is 2.31. The van der Waals surface area contributed by atoms with E-state index in [2.05, 4.69) is 10.2 Å². The van der Waals surface area contributed by atoms with Crippen LogP contribution in [0.15, 0.2) is 27.8 Å². The van der Waals surface area contributed by atoms with Gasteiger partial charge in [0.05, 0.1) is 0 Å². The van der Waals surface area contributed by atoms with Crippen LogP contribution in [0.3, 0.4) is 0 Å². The molecule has 0 saturated carbocycles. The van der Waals surface area contributed by atoms with Gasteiger partial charge in [-0.1, -0.05) is 11.2 Å². The van der Waals surface area contributed by atoms with Gasteiger partial charge in [-0.15, -0.1) is 5.10 Å². The maximum Gasteiger partial charge on any atom is 0.336 e. The Morgan fingerprint density at radius 2 is 2.00 bits per heavy atom. The van der Waals surface area contributed by atoms with Gasteiger partial charge in [-0.2, -0.15) is 0 Å². The molecule has 1 aromatic heterocycles. The standard InChI is InChI=1S/C18H23N3O4S/c1-12-7-8-15(10-13(12)2)17-19-20-18(25-17)26(23,24)11-16(22)21-9-5-4-6-14(21)3/h7-8,10,14H,4-6,9,11H2,1-3H3. The third kappa shape index (κ3) is 3.80. The monoisotopic (exact) mass is 377 g/mol. The van der Waals surface area contributed by atoms with Gasteiger partial charge < -0.3 is 9.32 Å². The summed E-state index contributed by atoms with van der Waals surface area (Å²) in [6.07, 6.45) is 2.84. The second kappa shape index (κ2) is 7.19. The van der Waals surface area contributed by atoms with Gasteiger partial charge in [-0.25, -0.2) is 8.42 Å². The maximum absolute atomic E-state index is 12.5. The molecule has 26 heavy (non-hydrogen) atoms. The number of likely N-dealkylation sites (tertiary alicyclic amines) is 1. The molecule has 1 aromatic carbocycles. The number of rotatable bonds is 4. The first-order valence-electron chi connectivity index (χ1n) is 8.71. The first-order valence-corrected chi connectivity index (χ1v) is 10.4. The normalized spacial score (nSPS) is 18.1. The number of carbonyl (C=O) groups is 1. The summed E-state index contributed by atoms with van der Waals surface area (Å²) in [6, 6.07) is 5.62. The number of nitrogens with zero attached hydrogens (tertiary/aromatic N) is 3. The summed E-state index contributed by atoms with van der Waals surface area (Å²) < 4.78 is 30.4. The van der Waals surface area contributed by atoms with E-state index in [9.17, 15) is 13.2 Å². The summed E-state index contributed by atoms with van der Waals surface area (Å²) in [5.74, 6) is -0.931. The van der Waals surface area contributed by atoms with Crippen LogP contribution in [0.1, 0.15) is 37.3 Å². The molecular formula is C18H23N3O4S. The summed E-state index contributed by atoms with van der Waals surface area (Å²) in [7, 11) is -3.97. The van der Waals surface area contributed by atoms with Crippen molar-refractivity contribution in [1.29, 1.82) is 0 Å². The van der Waals surface area contributed by atoms with E-state index in [4.69, 9.17) is 4.42 Å². The van der Waals surface area contributed by atoms with Gasteiger partial charge in [-0.3, -0.25) is 4.79 Å². The van der Waals surface area contributed by atoms with E-state index < -0.39 is 26.7 Å². The zero-order valence-corrected chi connectivity index (χ0v) is 16.0. The van der Waals surface area contributed by atoms with E-state index in [1.807, 2.05) is 32.9 Å². The minimum atomic E-state index is -3.97. The van der Waals surface area contributed by atoms with Crippen molar-refractivity contribution in [2.45, 2.75) is 51.3 Å². The predicted octanol–water partition coefficient (Wildman–Crippen LogP) is 2.53. The molecule has 1 saturated heterocycles. The van der Waals surface area contributed by atoms with E-state index in [1.165, 1.54) is 0 Å². The zero-order valence-electron chi connectivity index (χ0n) is 15.2. The van der Waals surface area contributed by atoms with Gasteiger partial charge in [-0.05, 0) is 63.3 Å². The number of hydrogen-bond donors (Lipinski definition) is 0. The van der Waals surface area contributed by atoms with Crippen molar-refractivity contribution in [2.24, 2.45) is 0 Å². The Kier molecular flexibility index (Phi) is 5.13. The number of aryl methyl sites for hydroxylation is 2. The van der Waals surface area contributed by atoms with Crippen LogP contribution in [0.5, 0.6) is 0 Å². The Hall–Kier alpha value is -2.22. The number of aromatic nitrogens is 2. The summed E-state index contributed by atoms with van der Waals surface area (Å²) in [5.41, 5.74) is 2.81. The summed E-state index contributed by atoms with van der Waals surface area (Å²) in [6.45, 7) is 6.46. The van der Waals surface area contributed by atoms with Crippen LogP contribution in [0.2, 0.25) is 0 Å². The number of benzene rings is 1. The second-order valence-electron chi connectivity index (χ2n) is 6.86. The lowest BCUT2D eigenvalue weighted by Crippen LogP contribution is -2.44. The fraction of sp³-hybridized carbons (Fsp3) is 0.500. The molecule has 7 nitrogen and oxygen atoms in total. The number of amides is 1. The van der Waals surface area contributed by atoms with Crippen molar-refractivity contribution in [1.82, 2.24) is 15.1 Å². The van der Waals surface area contributed by atoms with E-state index >= 15 is 0 Å². The lowest BCUT2D eigenvalue weighted by atomic mass is 10.0. The Labute approximate surface area is 153 Å². The van der Waals surface area contributed by atoms with Crippen LogP contribution in [0.25, 0.3) is 11.5 Å². The van der Waals surface area contributed by atoms with E-state index in [1.54, 1.807) is 11.0 Å². The summed E-state index contributed by atoms with van der Waals surface area (Å²) in [4.78, 5) is 14.0. The molecule has 1 fully saturated rings. The number of piperidine rings is 1.